The molecule has 19 heteroatoms. The number of ether oxygens (including phenoxy) is 14. The van der Waals surface area contributed by atoms with Crippen LogP contribution in [-0.2, 0) is 114 Å². The summed E-state index contributed by atoms with van der Waals surface area (Å²) in [7, 11) is -0.0867. The Morgan fingerprint density at radius 3 is 1.36 bits per heavy atom. The van der Waals surface area contributed by atoms with E-state index in [0.717, 1.165) is 27.8 Å². The third-order valence-electron chi connectivity index (χ3n) is 14.2. The Labute approximate surface area is 470 Å². The molecule has 0 spiro atoms. The molecule has 3 aliphatic heterocycles. The molecule has 8 rings (SSSR count). The van der Waals surface area contributed by atoms with Gasteiger partial charge < -0.3 is 71.4 Å². The van der Waals surface area contributed by atoms with Crippen LogP contribution in [0.5, 0.6) is 0 Å². The van der Waals surface area contributed by atoms with Crippen LogP contribution in [0.2, 0.25) is 0 Å². The zero-order chi connectivity index (χ0) is 56.3. The molecule has 0 saturated carbocycles. The lowest BCUT2D eigenvalue weighted by Crippen LogP contribution is -2.72. The van der Waals surface area contributed by atoms with E-state index in [2.05, 4.69) is 0 Å². The molecule has 1 N–H and O–H groups in total. The molecule has 15 atom stereocenters. The summed E-state index contributed by atoms with van der Waals surface area (Å²) in [5.74, 6) is -3.08. The number of hydrogen-bond donors (Lipinski definition) is 1. The van der Waals surface area contributed by atoms with E-state index < -0.39 is 107 Å². The molecule has 3 fully saturated rings. The monoisotopic (exact) mass is 1130 g/mol. The smallest absolute Gasteiger partial charge is 0.272 e. The fourth-order valence-corrected chi connectivity index (χ4v) is 11.7. The van der Waals surface area contributed by atoms with Crippen LogP contribution in [0, 0.1) is 0 Å². The van der Waals surface area contributed by atoms with Crippen molar-refractivity contribution in [2.24, 2.45) is 0 Å². The highest BCUT2D eigenvalue weighted by Gasteiger charge is 2.62. The first-order valence-electron chi connectivity index (χ1n) is 27.2. The van der Waals surface area contributed by atoms with Gasteiger partial charge in [-0.05, 0) is 48.6 Å². The second kappa shape index (κ2) is 30.6. The van der Waals surface area contributed by atoms with Crippen molar-refractivity contribution in [3.63, 3.8) is 0 Å². The van der Waals surface area contributed by atoms with E-state index in [-0.39, 0.29) is 52.9 Å². The van der Waals surface area contributed by atoms with E-state index in [9.17, 15) is 13.5 Å². The van der Waals surface area contributed by atoms with E-state index in [0.29, 0.717) is 6.61 Å². The Bertz CT molecular complexity index is 2630. The summed E-state index contributed by atoms with van der Waals surface area (Å²) in [6.07, 6.45) is -14.0. The van der Waals surface area contributed by atoms with Gasteiger partial charge >= 0.3 is 0 Å². The second-order valence-corrected chi connectivity index (χ2v) is 21.6. The molecule has 0 unspecified atom stereocenters. The van der Waals surface area contributed by atoms with Gasteiger partial charge in [-0.2, -0.15) is 8.42 Å². The topological polar surface area (TPSA) is 193 Å². The minimum atomic E-state index is -4.41. The number of rotatable bonds is 30. The van der Waals surface area contributed by atoms with Crippen molar-refractivity contribution in [3.05, 3.63) is 179 Å². The van der Waals surface area contributed by atoms with E-state index in [1.165, 1.54) is 21.3 Å². The zero-order valence-electron chi connectivity index (χ0n) is 46.4. The van der Waals surface area contributed by atoms with Gasteiger partial charge in [-0.15, -0.1) is 0 Å². The highest BCUT2D eigenvalue weighted by Crippen LogP contribution is 2.41. The zero-order valence-corrected chi connectivity index (χ0v) is 47.2. The molecular weight excluding hydrogens is 1050 g/mol. The standard InChI is InChI=1S/C61H78O18S/c1-7-75-80(63,64)41-61(58(67-6)55(66-5)51(65-4)43(3)78-61)79-53-50(62)49(40-68-35-44-23-13-8-14-24-44)77-60(56(53)73-38-47-29-19-11-20-30-47)70-34-33-69-59-57(74-39-48-31-21-12-22-32-48)54(72-37-46-27-17-10-18-28-46)52(42(2)76-59)71-36-45-25-15-9-16-26-45/h8-32,42-43,49-60,62H,7,33-41H2,1-6H3/t42-,43-,49+,50-,51+,52+,53-,54+,55+,56+,57-,58-,59+,60+,61-/m0/s1. The fraction of sp³-hybridized carbons (Fsp3) is 0.508. The number of aliphatic hydroxyl groups is 1. The SMILES string of the molecule is CCOS(=O)(=O)C[C@@]1(O[C@H]2[C@@H](O)[C@@H](COCc3ccccc3)O[C@@H](OCCO[C@@H]3O[C@@H](C)[C@@H](OCc4ccccc4)[C@@H](OCc4ccccc4)[C@@H]3OCc3ccccc3)[C@@H]2OCc2ccccc2)O[C@@H](C)[C@@H](OC)[C@@H](OC)[C@@H]1OC. The molecule has 3 heterocycles. The Kier molecular flexibility index (Phi) is 23.5. The van der Waals surface area contributed by atoms with Crippen molar-refractivity contribution in [3.8, 4) is 0 Å². The summed E-state index contributed by atoms with van der Waals surface area (Å²) in [4.78, 5) is 0. The van der Waals surface area contributed by atoms with Gasteiger partial charge in [-0.1, -0.05) is 152 Å². The van der Waals surface area contributed by atoms with E-state index in [4.69, 9.17) is 70.5 Å². The minimum Gasteiger partial charge on any atom is -0.387 e. The van der Waals surface area contributed by atoms with Crippen molar-refractivity contribution in [2.45, 2.75) is 145 Å². The van der Waals surface area contributed by atoms with Gasteiger partial charge in [0.05, 0.1) is 71.7 Å². The third-order valence-corrected chi connectivity index (χ3v) is 15.6. The Morgan fingerprint density at radius 2 is 0.912 bits per heavy atom. The molecule has 3 aliphatic rings. The molecule has 3 saturated heterocycles. The predicted octanol–water partition coefficient (Wildman–Crippen LogP) is 7.32. The van der Waals surface area contributed by atoms with Gasteiger partial charge in [0.2, 0.25) is 5.79 Å². The predicted molar refractivity (Wildman–Crippen MR) is 293 cm³/mol. The number of benzene rings is 5. The van der Waals surface area contributed by atoms with Gasteiger partial charge in [-0.3, -0.25) is 4.18 Å². The maximum absolute atomic E-state index is 13.9. The van der Waals surface area contributed by atoms with Crippen LogP contribution < -0.4 is 0 Å². The molecule has 0 radical (unpaired) electrons. The van der Waals surface area contributed by atoms with Gasteiger partial charge in [0.25, 0.3) is 10.1 Å². The molecule has 0 aromatic heterocycles. The summed E-state index contributed by atoms with van der Waals surface area (Å²) in [5.41, 5.74) is 4.56. The van der Waals surface area contributed by atoms with Crippen molar-refractivity contribution in [1.29, 1.82) is 0 Å². The maximum atomic E-state index is 13.9. The van der Waals surface area contributed by atoms with Crippen LogP contribution >= 0.6 is 0 Å². The lowest BCUT2D eigenvalue weighted by atomic mass is 9.91. The summed E-state index contributed by atoms with van der Waals surface area (Å²) in [5, 5.41) is 12.6. The van der Waals surface area contributed by atoms with Crippen LogP contribution in [0.15, 0.2) is 152 Å². The van der Waals surface area contributed by atoms with E-state index >= 15 is 0 Å². The number of aliphatic hydroxyl groups excluding tert-OH is 1. The van der Waals surface area contributed by atoms with Crippen molar-refractivity contribution < 1.29 is 84.0 Å². The van der Waals surface area contributed by atoms with Crippen molar-refractivity contribution >= 4 is 10.1 Å². The average molecular weight is 1130 g/mol. The molecule has 5 aromatic rings. The summed E-state index contributed by atoms with van der Waals surface area (Å²) in [6.45, 7) is 5.68. The molecule has 18 nitrogen and oxygen atoms in total. The van der Waals surface area contributed by atoms with Crippen molar-refractivity contribution in [2.75, 3.05) is 53.5 Å². The first-order chi connectivity index (χ1) is 38.9. The molecule has 436 valence electrons. The summed E-state index contributed by atoms with van der Waals surface area (Å²) in [6, 6.07) is 48.5. The molecule has 80 heavy (non-hydrogen) atoms. The third kappa shape index (κ3) is 16.6. The van der Waals surface area contributed by atoms with Gasteiger partial charge in [0.1, 0.15) is 66.8 Å². The van der Waals surface area contributed by atoms with Crippen LogP contribution in [0.3, 0.4) is 0 Å². The number of hydrogen-bond acceptors (Lipinski definition) is 18. The van der Waals surface area contributed by atoms with Crippen LogP contribution in [0.25, 0.3) is 0 Å². The Morgan fingerprint density at radius 1 is 0.487 bits per heavy atom. The van der Waals surface area contributed by atoms with Crippen LogP contribution in [0.1, 0.15) is 48.6 Å². The summed E-state index contributed by atoms with van der Waals surface area (Å²) < 4.78 is 124. The quantitative estimate of drug-likeness (QED) is 0.0355. The lowest BCUT2D eigenvalue weighted by Gasteiger charge is -2.53. The van der Waals surface area contributed by atoms with Crippen LogP contribution in [0.4, 0.5) is 0 Å². The van der Waals surface area contributed by atoms with Crippen LogP contribution in [-0.4, -0.2) is 159 Å². The molecule has 0 aliphatic carbocycles. The number of methoxy groups -OCH3 is 3. The molecule has 5 aromatic carbocycles. The Hall–Kier alpha value is -4.59. The maximum Gasteiger partial charge on any atom is 0.272 e. The van der Waals surface area contributed by atoms with Gasteiger partial charge in [-0.25, -0.2) is 0 Å². The highest BCUT2D eigenvalue weighted by atomic mass is 32.2. The first-order valence-corrected chi connectivity index (χ1v) is 28.8. The normalized spacial score (nSPS) is 30.0. The summed E-state index contributed by atoms with van der Waals surface area (Å²) >= 11 is 0. The Balaban J connectivity index is 1.10. The van der Waals surface area contributed by atoms with E-state index in [1.807, 2.05) is 159 Å². The second-order valence-electron chi connectivity index (χ2n) is 19.9. The first kappa shape index (κ1) is 61.5. The fourth-order valence-electron chi connectivity index (χ4n) is 10.4. The van der Waals surface area contributed by atoms with E-state index in [1.54, 1.807) is 13.8 Å². The molecular formula is C61H78O18S. The van der Waals surface area contributed by atoms with Gasteiger partial charge in [0.15, 0.2) is 12.6 Å². The van der Waals surface area contributed by atoms with Crippen molar-refractivity contribution in [1.82, 2.24) is 0 Å². The minimum absolute atomic E-state index is 0.000746. The average Bonchev–Trinajstić information content (AvgIpc) is 3.66. The highest BCUT2D eigenvalue weighted by molar-refractivity contribution is 7.86. The largest absolute Gasteiger partial charge is 0.387 e. The lowest BCUT2D eigenvalue weighted by molar-refractivity contribution is -0.402. The molecule has 0 bridgehead atoms. The molecule has 0 amide bonds. The van der Waals surface area contributed by atoms with Gasteiger partial charge in [0, 0.05) is 21.3 Å².